The summed E-state index contributed by atoms with van der Waals surface area (Å²) in [4.78, 5) is 0. The van der Waals surface area contributed by atoms with Gasteiger partial charge in [0, 0.05) is 0 Å². The zero-order chi connectivity index (χ0) is 7.98. The van der Waals surface area contributed by atoms with Crippen LogP contribution in [0.25, 0.3) is 0 Å². The highest BCUT2D eigenvalue weighted by Crippen LogP contribution is 2.08. The van der Waals surface area contributed by atoms with Crippen LogP contribution in [0, 0.1) is 5.92 Å². The predicted molar refractivity (Wildman–Crippen MR) is 47.9 cm³/mol. The van der Waals surface area contributed by atoms with Crippen molar-refractivity contribution in [3.8, 4) is 0 Å². The third-order valence-electron chi connectivity index (χ3n) is 1.50. The lowest BCUT2D eigenvalue weighted by Crippen LogP contribution is -1.87. The molecule has 0 saturated carbocycles. The summed E-state index contributed by atoms with van der Waals surface area (Å²) in [6.45, 7) is 11.7. The molecule has 0 bridgehead atoms. The Morgan fingerprint density at radius 3 is 2.60 bits per heavy atom. The van der Waals surface area contributed by atoms with Gasteiger partial charge in [-0.2, -0.15) is 0 Å². The minimum absolute atomic E-state index is 0.500. The minimum atomic E-state index is 0.500. The molecule has 0 rings (SSSR count). The van der Waals surface area contributed by atoms with E-state index in [1.54, 1.807) is 0 Å². The van der Waals surface area contributed by atoms with Crippen LogP contribution in [0.4, 0.5) is 0 Å². The van der Waals surface area contributed by atoms with Gasteiger partial charge in [-0.25, -0.2) is 0 Å². The summed E-state index contributed by atoms with van der Waals surface area (Å²) in [5.74, 6) is 0.500. The Hall–Kier alpha value is -0.780. The van der Waals surface area contributed by atoms with E-state index in [1.165, 1.54) is 5.57 Å². The first-order valence-electron chi connectivity index (χ1n) is 3.61. The van der Waals surface area contributed by atoms with Crippen molar-refractivity contribution in [3.63, 3.8) is 0 Å². The van der Waals surface area contributed by atoms with Crippen molar-refractivity contribution >= 4 is 0 Å². The summed E-state index contributed by atoms with van der Waals surface area (Å²) in [6, 6.07) is 0. The van der Waals surface area contributed by atoms with Crippen LogP contribution in [0.1, 0.15) is 20.3 Å². The van der Waals surface area contributed by atoms with Gasteiger partial charge in [0.05, 0.1) is 0 Å². The van der Waals surface area contributed by atoms with Crippen molar-refractivity contribution in [2.45, 2.75) is 20.3 Å². The number of allylic oxidation sites excluding steroid dienone is 4. The van der Waals surface area contributed by atoms with Crippen LogP contribution in [0.3, 0.4) is 0 Å². The van der Waals surface area contributed by atoms with E-state index < -0.39 is 0 Å². The monoisotopic (exact) mass is 136 g/mol. The van der Waals surface area contributed by atoms with E-state index in [4.69, 9.17) is 0 Å². The molecule has 0 aliphatic carbocycles. The van der Waals surface area contributed by atoms with E-state index >= 15 is 0 Å². The molecule has 1 atom stereocenters. The van der Waals surface area contributed by atoms with Crippen molar-refractivity contribution in [1.29, 1.82) is 0 Å². The predicted octanol–water partition coefficient (Wildman–Crippen LogP) is 3.33. The molecule has 0 heterocycles. The number of rotatable bonds is 4. The van der Waals surface area contributed by atoms with Gasteiger partial charge >= 0.3 is 0 Å². The Labute approximate surface area is 64.0 Å². The Morgan fingerprint density at radius 1 is 1.60 bits per heavy atom. The van der Waals surface area contributed by atoms with Crippen LogP contribution >= 0.6 is 0 Å². The third-order valence-corrected chi connectivity index (χ3v) is 1.50. The SMILES string of the molecule is C=CCC=CC(C)C(=C)C. The van der Waals surface area contributed by atoms with Crippen LogP contribution in [0.15, 0.2) is 37.0 Å². The van der Waals surface area contributed by atoms with Gasteiger partial charge < -0.3 is 0 Å². The molecule has 0 radical (unpaired) electrons. The Morgan fingerprint density at radius 2 is 2.20 bits per heavy atom. The molecule has 0 aliphatic heterocycles. The van der Waals surface area contributed by atoms with Crippen molar-refractivity contribution in [1.82, 2.24) is 0 Å². The standard InChI is InChI=1S/C10H16/c1-5-6-7-8-10(4)9(2)3/h5,7-8,10H,1-2,6H2,3-4H3. The number of hydrogen-bond donors (Lipinski definition) is 0. The Bertz CT molecular complexity index is 140. The molecule has 0 heteroatoms. The van der Waals surface area contributed by atoms with Gasteiger partial charge in [0.15, 0.2) is 0 Å². The molecule has 0 amide bonds. The van der Waals surface area contributed by atoms with E-state index in [-0.39, 0.29) is 0 Å². The van der Waals surface area contributed by atoms with E-state index in [0.29, 0.717) is 5.92 Å². The van der Waals surface area contributed by atoms with Gasteiger partial charge in [-0.15, -0.1) is 6.58 Å². The molecule has 0 N–H and O–H groups in total. The van der Waals surface area contributed by atoms with Gasteiger partial charge in [0.2, 0.25) is 0 Å². The van der Waals surface area contributed by atoms with Crippen molar-refractivity contribution in [3.05, 3.63) is 37.0 Å². The zero-order valence-corrected chi connectivity index (χ0v) is 6.93. The quantitative estimate of drug-likeness (QED) is 0.520. The molecule has 1 unspecified atom stereocenters. The second kappa shape index (κ2) is 5.04. The van der Waals surface area contributed by atoms with E-state index in [2.05, 4.69) is 32.2 Å². The van der Waals surface area contributed by atoms with Crippen LogP contribution in [-0.4, -0.2) is 0 Å². The molecule has 0 spiro atoms. The van der Waals surface area contributed by atoms with Gasteiger partial charge in [0.1, 0.15) is 0 Å². The molecule has 0 aliphatic rings. The fourth-order valence-electron chi connectivity index (χ4n) is 0.543. The van der Waals surface area contributed by atoms with Gasteiger partial charge in [-0.1, -0.05) is 37.3 Å². The van der Waals surface area contributed by atoms with Gasteiger partial charge in [0.25, 0.3) is 0 Å². The highest BCUT2D eigenvalue weighted by molar-refractivity contribution is 5.05. The fourth-order valence-corrected chi connectivity index (χ4v) is 0.543. The molecule has 0 aromatic carbocycles. The minimum Gasteiger partial charge on any atom is -0.103 e. The maximum Gasteiger partial charge on any atom is -0.00570 e. The summed E-state index contributed by atoms with van der Waals surface area (Å²) >= 11 is 0. The summed E-state index contributed by atoms with van der Waals surface area (Å²) in [5.41, 5.74) is 1.21. The van der Waals surface area contributed by atoms with Crippen LogP contribution < -0.4 is 0 Å². The number of hydrogen-bond acceptors (Lipinski definition) is 0. The average molecular weight is 136 g/mol. The highest BCUT2D eigenvalue weighted by atomic mass is 14.0. The maximum absolute atomic E-state index is 3.86. The second-order valence-corrected chi connectivity index (χ2v) is 2.59. The van der Waals surface area contributed by atoms with E-state index in [1.807, 2.05) is 13.0 Å². The maximum atomic E-state index is 3.86. The molecule has 0 fully saturated rings. The second-order valence-electron chi connectivity index (χ2n) is 2.59. The van der Waals surface area contributed by atoms with Crippen molar-refractivity contribution < 1.29 is 0 Å². The van der Waals surface area contributed by atoms with Crippen molar-refractivity contribution in [2.24, 2.45) is 5.92 Å². The molecule has 0 aromatic heterocycles. The van der Waals surface area contributed by atoms with E-state index in [9.17, 15) is 0 Å². The largest absolute Gasteiger partial charge is 0.103 e. The van der Waals surface area contributed by atoms with Gasteiger partial charge in [-0.3, -0.25) is 0 Å². The smallest absolute Gasteiger partial charge is 0.00570 e. The molecular formula is C10H16. The average Bonchev–Trinajstić information content (AvgIpc) is 1.88. The molecular weight excluding hydrogens is 120 g/mol. The summed E-state index contributed by atoms with van der Waals surface area (Å²) in [6.07, 6.45) is 7.12. The van der Waals surface area contributed by atoms with Crippen molar-refractivity contribution in [2.75, 3.05) is 0 Å². The molecule has 0 aromatic rings. The normalized spacial score (nSPS) is 13.4. The highest BCUT2D eigenvalue weighted by Gasteiger charge is 1.93. The Balaban J connectivity index is 3.65. The van der Waals surface area contributed by atoms with Crippen LogP contribution in [0.5, 0.6) is 0 Å². The first kappa shape index (κ1) is 9.22. The first-order valence-corrected chi connectivity index (χ1v) is 3.61. The topological polar surface area (TPSA) is 0 Å². The molecule has 0 nitrogen and oxygen atoms in total. The first-order chi connectivity index (χ1) is 4.68. The molecule has 56 valence electrons. The summed E-state index contributed by atoms with van der Waals surface area (Å²) < 4.78 is 0. The zero-order valence-electron chi connectivity index (χ0n) is 6.93. The fraction of sp³-hybridized carbons (Fsp3) is 0.400. The summed E-state index contributed by atoms with van der Waals surface area (Å²) in [5, 5.41) is 0. The third kappa shape index (κ3) is 4.13. The van der Waals surface area contributed by atoms with Gasteiger partial charge in [-0.05, 0) is 19.3 Å². The van der Waals surface area contributed by atoms with Crippen LogP contribution in [0.2, 0.25) is 0 Å². The summed E-state index contributed by atoms with van der Waals surface area (Å²) in [7, 11) is 0. The van der Waals surface area contributed by atoms with Crippen LogP contribution in [-0.2, 0) is 0 Å². The lowest BCUT2D eigenvalue weighted by Gasteiger charge is -2.02. The molecule has 0 saturated heterocycles. The lowest BCUT2D eigenvalue weighted by atomic mass is 10.0. The molecule has 10 heavy (non-hydrogen) atoms. The van der Waals surface area contributed by atoms with E-state index in [0.717, 1.165) is 6.42 Å². The Kier molecular flexibility index (Phi) is 4.65. The lowest BCUT2D eigenvalue weighted by molar-refractivity contribution is 0.864.